The third-order valence-corrected chi connectivity index (χ3v) is 3.62. The number of nitro groups is 1. The first-order chi connectivity index (χ1) is 13.8. The summed E-state index contributed by atoms with van der Waals surface area (Å²) >= 11 is 0. The average molecular weight is 397 g/mol. The van der Waals surface area contributed by atoms with E-state index in [-0.39, 0.29) is 17.1 Å². The van der Waals surface area contributed by atoms with Gasteiger partial charge in [0.15, 0.2) is 6.10 Å². The number of hydrogen-bond donors (Lipinski definition) is 2. The average Bonchev–Trinajstić information content (AvgIpc) is 2.68. The van der Waals surface area contributed by atoms with Crippen LogP contribution in [0.5, 0.6) is 0 Å². The Morgan fingerprint density at radius 3 is 2.41 bits per heavy atom. The van der Waals surface area contributed by atoms with Crippen molar-refractivity contribution in [3.05, 3.63) is 76.0 Å². The SMILES string of the molecule is CC(=O)N/C(=C\c1ccccc1)C(=O)OC(C)C(=O)Nc1cccc([N+](=O)[O-])c1. The zero-order valence-corrected chi connectivity index (χ0v) is 15.7. The van der Waals surface area contributed by atoms with Gasteiger partial charge in [0, 0.05) is 24.7 Å². The Morgan fingerprint density at radius 2 is 1.79 bits per heavy atom. The van der Waals surface area contributed by atoms with Crippen molar-refractivity contribution in [2.45, 2.75) is 20.0 Å². The van der Waals surface area contributed by atoms with Gasteiger partial charge in [-0.2, -0.15) is 0 Å². The number of anilines is 1. The van der Waals surface area contributed by atoms with E-state index in [2.05, 4.69) is 10.6 Å². The summed E-state index contributed by atoms with van der Waals surface area (Å²) in [6.45, 7) is 2.59. The van der Waals surface area contributed by atoms with E-state index in [1.807, 2.05) is 0 Å². The van der Waals surface area contributed by atoms with Gasteiger partial charge >= 0.3 is 5.97 Å². The first-order valence-corrected chi connectivity index (χ1v) is 8.57. The van der Waals surface area contributed by atoms with Crippen molar-refractivity contribution in [1.29, 1.82) is 0 Å². The van der Waals surface area contributed by atoms with Crippen LogP contribution in [0.25, 0.3) is 6.08 Å². The summed E-state index contributed by atoms with van der Waals surface area (Å²) in [5.41, 5.74) is 0.529. The van der Waals surface area contributed by atoms with Crippen LogP contribution in [0.15, 0.2) is 60.3 Å². The van der Waals surface area contributed by atoms with Crippen LogP contribution in [-0.2, 0) is 19.1 Å². The third kappa shape index (κ3) is 6.58. The molecule has 0 aliphatic carbocycles. The van der Waals surface area contributed by atoms with Crippen molar-refractivity contribution in [3.8, 4) is 0 Å². The van der Waals surface area contributed by atoms with Gasteiger partial charge in [0.2, 0.25) is 5.91 Å². The number of nitro benzene ring substituents is 1. The van der Waals surface area contributed by atoms with Crippen LogP contribution in [0.2, 0.25) is 0 Å². The number of carbonyl (C=O) groups is 3. The quantitative estimate of drug-likeness (QED) is 0.320. The van der Waals surface area contributed by atoms with Crippen LogP contribution < -0.4 is 10.6 Å². The maximum Gasteiger partial charge on any atom is 0.355 e. The molecular formula is C20H19N3O6. The number of carbonyl (C=O) groups excluding carboxylic acids is 3. The molecule has 0 radical (unpaired) electrons. The summed E-state index contributed by atoms with van der Waals surface area (Å²) in [6, 6.07) is 14.1. The van der Waals surface area contributed by atoms with Crippen LogP contribution in [0.3, 0.4) is 0 Å². The summed E-state index contributed by atoms with van der Waals surface area (Å²) in [4.78, 5) is 46.3. The third-order valence-electron chi connectivity index (χ3n) is 3.62. The summed E-state index contributed by atoms with van der Waals surface area (Å²) in [5.74, 6) is -2.05. The zero-order chi connectivity index (χ0) is 21.4. The number of nitrogens with one attached hydrogen (secondary N) is 2. The molecule has 0 fully saturated rings. The lowest BCUT2D eigenvalue weighted by Crippen LogP contribution is -2.33. The van der Waals surface area contributed by atoms with Crippen LogP contribution >= 0.6 is 0 Å². The van der Waals surface area contributed by atoms with Gasteiger partial charge in [-0.1, -0.05) is 36.4 Å². The largest absolute Gasteiger partial charge is 0.448 e. The molecule has 2 N–H and O–H groups in total. The van der Waals surface area contributed by atoms with E-state index in [1.54, 1.807) is 30.3 Å². The number of ether oxygens (including phenoxy) is 1. The van der Waals surface area contributed by atoms with E-state index in [1.165, 1.54) is 44.2 Å². The van der Waals surface area contributed by atoms with Gasteiger partial charge in [-0.25, -0.2) is 4.79 Å². The summed E-state index contributed by atoms with van der Waals surface area (Å²) in [6.07, 6.45) is 0.212. The van der Waals surface area contributed by atoms with Crippen molar-refractivity contribution >= 4 is 35.2 Å². The molecule has 0 saturated carbocycles. The van der Waals surface area contributed by atoms with Gasteiger partial charge < -0.3 is 15.4 Å². The Labute approximate surface area is 166 Å². The van der Waals surface area contributed by atoms with Gasteiger partial charge in [-0.3, -0.25) is 19.7 Å². The molecule has 0 bridgehead atoms. The molecule has 0 aliphatic rings. The summed E-state index contributed by atoms with van der Waals surface area (Å²) in [7, 11) is 0. The number of benzene rings is 2. The highest BCUT2D eigenvalue weighted by Gasteiger charge is 2.22. The highest BCUT2D eigenvalue weighted by molar-refractivity contribution is 6.00. The van der Waals surface area contributed by atoms with Gasteiger partial charge in [-0.15, -0.1) is 0 Å². The number of rotatable bonds is 7. The predicted octanol–water partition coefficient (Wildman–Crippen LogP) is 2.64. The van der Waals surface area contributed by atoms with Crippen LogP contribution in [0.4, 0.5) is 11.4 Å². The topological polar surface area (TPSA) is 128 Å². The molecule has 0 aliphatic heterocycles. The number of nitrogens with zero attached hydrogens (tertiary/aromatic N) is 1. The van der Waals surface area contributed by atoms with Crippen molar-refractivity contribution in [3.63, 3.8) is 0 Å². The number of amides is 2. The molecule has 2 amide bonds. The number of non-ortho nitro benzene ring substituents is 1. The molecule has 2 aromatic carbocycles. The molecule has 1 unspecified atom stereocenters. The van der Waals surface area contributed by atoms with E-state index in [0.29, 0.717) is 5.56 Å². The van der Waals surface area contributed by atoms with Gasteiger partial charge in [-0.05, 0) is 24.6 Å². The first-order valence-electron chi connectivity index (χ1n) is 8.57. The Balaban J connectivity index is 2.09. The second kappa shape index (κ2) is 9.79. The van der Waals surface area contributed by atoms with E-state index < -0.39 is 28.8 Å². The van der Waals surface area contributed by atoms with E-state index in [4.69, 9.17) is 4.74 Å². The maximum absolute atomic E-state index is 12.4. The Kier molecular flexibility index (Phi) is 7.19. The smallest absolute Gasteiger partial charge is 0.355 e. The lowest BCUT2D eigenvalue weighted by atomic mass is 10.2. The fourth-order valence-corrected chi connectivity index (χ4v) is 2.27. The molecule has 29 heavy (non-hydrogen) atoms. The Bertz CT molecular complexity index is 956. The molecule has 2 rings (SSSR count). The molecule has 0 spiro atoms. The molecule has 0 heterocycles. The standard InChI is InChI=1S/C20H19N3O6/c1-13(19(25)22-16-9-6-10-17(12-16)23(27)28)29-20(26)18(21-14(2)24)11-15-7-4-3-5-8-15/h3-13H,1-2H3,(H,21,24)(H,22,25)/b18-11-. The molecule has 150 valence electrons. The monoisotopic (exact) mass is 397 g/mol. The molecule has 2 aromatic rings. The fraction of sp³-hybridized carbons (Fsp3) is 0.150. The molecule has 9 heteroatoms. The summed E-state index contributed by atoms with van der Waals surface area (Å²) in [5, 5.41) is 15.6. The van der Waals surface area contributed by atoms with Crippen molar-refractivity contribution in [1.82, 2.24) is 5.32 Å². The first kappa shape index (κ1) is 21.3. The van der Waals surface area contributed by atoms with E-state index in [9.17, 15) is 24.5 Å². The summed E-state index contributed by atoms with van der Waals surface area (Å²) < 4.78 is 5.13. The molecular weight excluding hydrogens is 378 g/mol. The minimum atomic E-state index is -1.21. The molecule has 9 nitrogen and oxygen atoms in total. The highest BCUT2D eigenvalue weighted by atomic mass is 16.6. The van der Waals surface area contributed by atoms with Crippen LogP contribution in [-0.4, -0.2) is 28.8 Å². The van der Waals surface area contributed by atoms with Gasteiger partial charge in [0.1, 0.15) is 5.70 Å². The number of esters is 1. The van der Waals surface area contributed by atoms with Gasteiger partial charge in [0.05, 0.1) is 4.92 Å². The lowest BCUT2D eigenvalue weighted by Gasteiger charge is -2.15. The van der Waals surface area contributed by atoms with Crippen LogP contribution in [0, 0.1) is 10.1 Å². The molecule has 0 aromatic heterocycles. The lowest BCUT2D eigenvalue weighted by molar-refractivity contribution is -0.384. The van der Waals surface area contributed by atoms with Gasteiger partial charge in [0.25, 0.3) is 11.6 Å². The maximum atomic E-state index is 12.4. The minimum absolute atomic E-state index is 0.126. The Morgan fingerprint density at radius 1 is 1.10 bits per heavy atom. The number of hydrogen-bond acceptors (Lipinski definition) is 6. The Hall–Kier alpha value is -4.01. The minimum Gasteiger partial charge on any atom is -0.448 e. The predicted molar refractivity (Wildman–Crippen MR) is 106 cm³/mol. The van der Waals surface area contributed by atoms with Crippen molar-refractivity contribution in [2.24, 2.45) is 0 Å². The van der Waals surface area contributed by atoms with Crippen molar-refractivity contribution in [2.75, 3.05) is 5.32 Å². The normalized spacial score (nSPS) is 11.9. The second-order valence-electron chi connectivity index (χ2n) is 5.99. The zero-order valence-electron chi connectivity index (χ0n) is 15.7. The molecule has 0 saturated heterocycles. The molecule has 1 atom stereocenters. The van der Waals surface area contributed by atoms with E-state index in [0.717, 1.165) is 0 Å². The van der Waals surface area contributed by atoms with Crippen molar-refractivity contribution < 1.29 is 24.0 Å². The van der Waals surface area contributed by atoms with Crippen LogP contribution in [0.1, 0.15) is 19.4 Å². The second-order valence-corrected chi connectivity index (χ2v) is 5.99. The fourth-order valence-electron chi connectivity index (χ4n) is 2.27. The van der Waals surface area contributed by atoms with E-state index >= 15 is 0 Å². The highest BCUT2D eigenvalue weighted by Crippen LogP contribution is 2.17.